The third-order valence-corrected chi connectivity index (χ3v) is 1.92. The van der Waals surface area contributed by atoms with E-state index in [2.05, 4.69) is 20.6 Å². The SMILES string of the molecule is c1cc2c(ccc3nnnc32)no1. The molecule has 2 heterocycles. The van der Waals surface area contributed by atoms with Crippen LogP contribution in [0.25, 0.3) is 21.9 Å². The molecule has 0 saturated heterocycles. The summed E-state index contributed by atoms with van der Waals surface area (Å²) in [5.41, 5.74) is 2.30. The zero-order valence-electron chi connectivity index (χ0n) is 6.51. The van der Waals surface area contributed by atoms with Crippen LogP contribution in [0.15, 0.2) is 29.0 Å². The molecule has 0 spiro atoms. The molecule has 62 valence electrons. The Morgan fingerprint density at radius 3 is 2.92 bits per heavy atom. The Morgan fingerprint density at radius 2 is 1.92 bits per heavy atom. The Balaban J connectivity index is 2.65. The molecule has 3 aromatic rings. The van der Waals surface area contributed by atoms with Crippen LogP contribution in [0.2, 0.25) is 0 Å². The van der Waals surface area contributed by atoms with Gasteiger partial charge in [0.1, 0.15) is 22.8 Å². The van der Waals surface area contributed by atoms with E-state index in [1.165, 1.54) is 6.26 Å². The van der Waals surface area contributed by atoms with Gasteiger partial charge in [0.15, 0.2) is 0 Å². The highest BCUT2D eigenvalue weighted by molar-refractivity contribution is 6.01. The quantitative estimate of drug-likeness (QED) is 0.509. The summed E-state index contributed by atoms with van der Waals surface area (Å²) in [5.74, 6) is 0. The van der Waals surface area contributed by atoms with Crippen molar-refractivity contribution in [2.75, 3.05) is 0 Å². The van der Waals surface area contributed by atoms with Crippen LogP contribution in [0.3, 0.4) is 0 Å². The number of hydrogen-bond donors (Lipinski definition) is 0. The van der Waals surface area contributed by atoms with Gasteiger partial charge in [-0.15, -0.1) is 10.2 Å². The maximum atomic E-state index is 4.80. The third-order valence-electron chi connectivity index (χ3n) is 1.92. The second-order valence-electron chi connectivity index (χ2n) is 2.65. The van der Waals surface area contributed by atoms with Crippen molar-refractivity contribution in [1.29, 1.82) is 0 Å². The lowest BCUT2D eigenvalue weighted by atomic mass is 10.2. The first-order chi connectivity index (χ1) is 6.45. The van der Waals surface area contributed by atoms with E-state index >= 15 is 0 Å². The number of aromatic nitrogens is 4. The molecule has 1 aromatic carbocycles. The van der Waals surface area contributed by atoms with Crippen LogP contribution >= 0.6 is 0 Å². The van der Waals surface area contributed by atoms with E-state index in [9.17, 15) is 0 Å². The highest BCUT2D eigenvalue weighted by atomic mass is 16.4. The highest BCUT2D eigenvalue weighted by Crippen LogP contribution is 2.19. The first-order valence-corrected chi connectivity index (χ1v) is 3.77. The van der Waals surface area contributed by atoms with Crippen LogP contribution < -0.4 is 0 Å². The van der Waals surface area contributed by atoms with E-state index in [0.29, 0.717) is 0 Å². The smallest absolute Gasteiger partial charge is 0.125 e. The van der Waals surface area contributed by atoms with Crippen molar-refractivity contribution in [2.45, 2.75) is 0 Å². The number of rotatable bonds is 0. The Labute approximate surface area is 72.4 Å². The fraction of sp³-hybridized carbons (Fsp3) is 0. The maximum Gasteiger partial charge on any atom is 0.125 e. The molecule has 0 fully saturated rings. The van der Waals surface area contributed by atoms with Crippen LogP contribution in [-0.4, -0.2) is 20.6 Å². The van der Waals surface area contributed by atoms with E-state index in [1.54, 1.807) is 6.07 Å². The van der Waals surface area contributed by atoms with E-state index in [4.69, 9.17) is 4.52 Å². The molecule has 0 radical (unpaired) electrons. The summed E-state index contributed by atoms with van der Waals surface area (Å²) in [6.45, 7) is 0. The molecule has 2 aromatic heterocycles. The second kappa shape index (κ2) is 2.22. The van der Waals surface area contributed by atoms with Gasteiger partial charge in [-0.2, -0.15) is 0 Å². The summed E-state index contributed by atoms with van der Waals surface area (Å²) < 4.78 is 4.80. The third kappa shape index (κ3) is 0.807. The Hall–Kier alpha value is -2.04. The summed E-state index contributed by atoms with van der Waals surface area (Å²) in [6.07, 6.45) is 1.51. The molecule has 0 amide bonds. The molecular weight excluding hydrogens is 168 g/mol. The fourth-order valence-corrected chi connectivity index (χ4v) is 1.32. The monoisotopic (exact) mass is 172 g/mol. The van der Waals surface area contributed by atoms with Gasteiger partial charge in [0, 0.05) is 5.39 Å². The maximum absolute atomic E-state index is 4.80. The van der Waals surface area contributed by atoms with Crippen molar-refractivity contribution in [3.63, 3.8) is 0 Å². The van der Waals surface area contributed by atoms with Crippen molar-refractivity contribution >= 4 is 21.9 Å². The van der Waals surface area contributed by atoms with Crippen LogP contribution in [0.1, 0.15) is 0 Å². The summed E-state index contributed by atoms with van der Waals surface area (Å²) in [6, 6.07) is 5.46. The molecule has 13 heavy (non-hydrogen) atoms. The predicted octanol–water partition coefficient (Wildman–Crippen LogP) is 1.17. The zero-order chi connectivity index (χ0) is 8.67. The summed E-state index contributed by atoms with van der Waals surface area (Å²) in [7, 11) is 0. The van der Waals surface area contributed by atoms with E-state index in [-0.39, 0.29) is 0 Å². The van der Waals surface area contributed by atoms with Gasteiger partial charge in [-0.05, 0) is 23.4 Å². The van der Waals surface area contributed by atoms with Crippen molar-refractivity contribution in [2.24, 2.45) is 0 Å². The van der Waals surface area contributed by atoms with Crippen molar-refractivity contribution in [3.8, 4) is 0 Å². The standard InChI is InChI=1S/C8H4N4O/c1-2-7-8(10-12-9-7)5-3-4-13-11-6(1)5/h1-4H. The van der Waals surface area contributed by atoms with E-state index in [1.807, 2.05) is 12.1 Å². The minimum Gasteiger partial charge on any atom is -0.364 e. The molecular formula is C8H4N4O. The van der Waals surface area contributed by atoms with Gasteiger partial charge in [0.2, 0.25) is 0 Å². The molecule has 0 aliphatic heterocycles. The van der Waals surface area contributed by atoms with Crippen molar-refractivity contribution < 1.29 is 4.52 Å². The molecule has 0 atom stereocenters. The van der Waals surface area contributed by atoms with Crippen LogP contribution in [-0.2, 0) is 0 Å². The topological polar surface area (TPSA) is 64.7 Å². The average molecular weight is 172 g/mol. The van der Waals surface area contributed by atoms with Crippen LogP contribution in [0.5, 0.6) is 0 Å². The molecule has 0 aliphatic carbocycles. The van der Waals surface area contributed by atoms with E-state index < -0.39 is 0 Å². The lowest BCUT2D eigenvalue weighted by Crippen LogP contribution is -1.78. The lowest BCUT2D eigenvalue weighted by Gasteiger charge is -1.92. The highest BCUT2D eigenvalue weighted by Gasteiger charge is 2.04. The molecule has 0 unspecified atom stereocenters. The molecule has 5 nitrogen and oxygen atoms in total. The summed E-state index contributed by atoms with van der Waals surface area (Å²) in [5, 5.41) is 16.1. The summed E-state index contributed by atoms with van der Waals surface area (Å²) in [4.78, 5) is 0. The predicted molar refractivity (Wildman–Crippen MR) is 44.9 cm³/mol. The number of nitrogens with zero attached hydrogens (tertiary/aromatic N) is 4. The Kier molecular flexibility index (Phi) is 1.11. The van der Waals surface area contributed by atoms with Crippen LogP contribution in [0, 0.1) is 0 Å². The fourth-order valence-electron chi connectivity index (χ4n) is 1.32. The van der Waals surface area contributed by atoms with Crippen molar-refractivity contribution in [1.82, 2.24) is 20.6 Å². The minimum atomic E-state index is 0.761. The molecule has 0 bridgehead atoms. The largest absolute Gasteiger partial charge is 0.364 e. The Bertz CT molecular complexity index is 574. The molecule has 3 rings (SSSR count). The molecule has 0 saturated carbocycles. The van der Waals surface area contributed by atoms with Gasteiger partial charge in [0.25, 0.3) is 0 Å². The van der Waals surface area contributed by atoms with Crippen LogP contribution in [0.4, 0.5) is 0 Å². The van der Waals surface area contributed by atoms with Gasteiger partial charge in [-0.25, -0.2) is 0 Å². The van der Waals surface area contributed by atoms with E-state index in [0.717, 1.165) is 21.9 Å². The van der Waals surface area contributed by atoms with Gasteiger partial charge < -0.3 is 4.52 Å². The number of hydrogen-bond acceptors (Lipinski definition) is 5. The normalized spacial score (nSPS) is 11.1. The summed E-state index contributed by atoms with van der Waals surface area (Å²) >= 11 is 0. The Morgan fingerprint density at radius 1 is 1.00 bits per heavy atom. The minimum absolute atomic E-state index is 0.761. The second-order valence-corrected chi connectivity index (χ2v) is 2.65. The molecule has 5 heteroatoms. The van der Waals surface area contributed by atoms with Gasteiger partial charge in [-0.1, -0.05) is 5.16 Å². The first-order valence-electron chi connectivity index (χ1n) is 3.77. The lowest BCUT2D eigenvalue weighted by molar-refractivity contribution is 0.412. The molecule has 0 N–H and O–H groups in total. The van der Waals surface area contributed by atoms with Gasteiger partial charge in [-0.3, -0.25) is 0 Å². The average Bonchev–Trinajstić information content (AvgIpc) is 2.65. The van der Waals surface area contributed by atoms with Gasteiger partial charge in [0.05, 0.1) is 0 Å². The zero-order valence-corrected chi connectivity index (χ0v) is 6.51. The first kappa shape index (κ1) is 6.47. The number of benzene rings is 1. The van der Waals surface area contributed by atoms with Gasteiger partial charge >= 0.3 is 0 Å². The number of fused-ring (bicyclic) bond motifs is 3. The molecule has 0 aliphatic rings. The van der Waals surface area contributed by atoms with Crippen molar-refractivity contribution in [3.05, 3.63) is 24.5 Å².